The van der Waals surface area contributed by atoms with Crippen LogP contribution in [-0.4, -0.2) is 47.5 Å². The van der Waals surface area contributed by atoms with E-state index in [0.717, 1.165) is 12.8 Å². The van der Waals surface area contributed by atoms with Gasteiger partial charge in [0.1, 0.15) is 5.75 Å². The summed E-state index contributed by atoms with van der Waals surface area (Å²) < 4.78 is 5.51. The second-order valence-corrected chi connectivity index (χ2v) is 6.05. The summed E-state index contributed by atoms with van der Waals surface area (Å²) in [6.45, 7) is 4.97. The van der Waals surface area contributed by atoms with Crippen LogP contribution in [0.5, 0.6) is 5.75 Å². The van der Waals surface area contributed by atoms with Crippen molar-refractivity contribution in [3.63, 3.8) is 0 Å². The number of benzene rings is 1. The third kappa shape index (κ3) is 4.79. The van der Waals surface area contributed by atoms with Gasteiger partial charge < -0.3 is 14.7 Å². The van der Waals surface area contributed by atoms with Crippen LogP contribution in [0.15, 0.2) is 24.3 Å². The predicted octanol–water partition coefficient (Wildman–Crippen LogP) is 2.28. The molecule has 5 nitrogen and oxygen atoms in total. The Morgan fingerprint density at radius 2 is 1.87 bits per heavy atom. The van der Waals surface area contributed by atoms with Gasteiger partial charge >= 0.3 is 0 Å². The highest BCUT2D eigenvalue weighted by molar-refractivity contribution is 5.95. The van der Waals surface area contributed by atoms with Gasteiger partial charge in [-0.3, -0.25) is 9.59 Å². The molecule has 0 bridgehead atoms. The number of hydrogen-bond acceptors (Lipinski definition) is 4. The molecule has 1 heterocycles. The number of nitrogens with zero attached hydrogens (tertiary/aromatic N) is 1. The Morgan fingerprint density at radius 1 is 1.26 bits per heavy atom. The monoisotopic (exact) mass is 319 g/mol. The number of carbonyl (C=O) groups excluding carboxylic acids is 2. The van der Waals surface area contributed by atoms with E-state index in [1.165, 1.54) is 0 Å². The molecule has 1 unspecified atom stereocenters. The van der Waals surface area contributed by atoms with Crippen LogP contribution < -0.4 is 4.74 Å². The van der Waals surface area contributed by atoms with Crippen molar-refractivity contribution in [3.8, 4) is 5.75 Å². The normalized spacial score (nSPS) is 16.9. The van der Waals surface area contributed by atoms with Gasteiger partial charge in [-0.2, -0.15) is 0 Å². The summed E-state index contributed by atoms with van der Waals surface area (Å²) in [6, 6.07) is 6.88. The van der Waals surface area contributed by atoms with Crippen LogP contribution in [0.4, 0.5) is 0 Å². The fraction of sp³-hybridized carbons (Fsp3) is 0.556. The van der Waals surface area contributed by atoms with Crippen molar-refractivity contribution in [2.45, 2.75) is 39.2 Å². The molecule has 0 aromatic heterocycles. The molecule has 126 valence electrons. The van der Waals surface area contributed by atoms with Crippen LogP contribution in [0.3, 0.4) is 0 Å². The number of carbonyl (C=O) groups is 2. The molecule has 2 rings (SSSR count). The van der Waals surface area contributed by atoms with E-state index in [4.69, 9.17) is 4.74 Å². The van der Waals surface area contributed by atoms with Crippen molar-refractivity contribution < 1.29 is 19.4 Å². The lowest BCUT2D eigenvalue weighted by molar-refractivity contribution is -0.135. The van der Waals surface area contributed by atoms with Crippen molar-refractivity contribution in [1.29, 1.82) is 0 Å². The number of amides is 1. The minimum Gasteiger partial charge on any atom is -0.484 e. The molecule has 1 N–H and O–H groups in total. The quantitative estimate of drug-likeness (QED) is 0.817. The Hall–Kier alpha value is -1.88. The van der Waals surface area contributed by atoms with Gasteiger partial charge in [-0.05, 0) is 49.9 Å². The molecule has 1 aromatic carbocycles. The maximum atomic E-state index is 12.2. The molecule has 23 heavy (non-hydrogen) atoms. The maximum absolute atomic E-state index is 12.2. The molecule has 1 aliphatic rings. The van der Waals surface area contributed by atoms with Gasteiger partial charge in [-0.15, -0.1) is 0 Å². The molecule has 0 radical (unpaired) electrons. The summed E-state index contributed by atoms with van der Waals surface area (Å²) in [5.74, 6) is 0.921. The van der Waals surface area contributed by atoms with Crippen molar-refractivity contribution in [2.75, 3.05) is 19.7 Å². The van der Waals surface area contributed by atoms with E-state index < -0.39 is 0 Å². The van der Waals surface area contributed by atoms with Crippen LogP contribution in [0.25, 0.3) is 0 Å². The van der Waals surface area contributed by atoms with Crippen LogP contribution in [0.1, 0.15) is 43.5 Å². The first-order valence-electron chi connectivity index (χ1n) is 8.23. The summed E-state index contributed by atoms with van der Waals surface area (Å²) in [5, 5.41) is 9.58. The Kier molecular flexibility index (Phi) is 6.16. The third-order valence-electron chi connectivity index (χ3n) is 4.43. The molecule has 1 saturated heterocycles. The average Bonchev–Trinajstić information content (AvgIpc) is 2.59. The van der Waals surface area contributed by atoms with Gasteiger partial charge in [-0.25, -0.2) is 0 Å². The van der Waals surface area contributed by atoms with Gasteiger partial charge in [0.15, 0.2) is 12.4 Å². The summed E-state index contributed by atoms with van der Waals surface area (Å²) in [5.41, 5.74) is 0.659. The lowest BCUT2D eigenvalue weighted by Gasteiger charge is -2.33. The summed E-state index contributed by atoms with van der Waals surface area (Å²) >= 11 is 0. The molecular formula is C18H25NO4. The smallest absolute Gasteiger partial charge is 0.260 e. The number of piperidine rings is 1. The van der Waals surface area contributed by atoms with Crippen molar-refractivity contribution in [1.82, 2.24) is 4.90 Å². The lowest BCUT2D eigenvalue weighted by Crippen LogP contribution is -2.42. The van der Waals surface area contributed by atoms with E-state index in [2.05, 4.69) is 0 Å². The number of Topliss-reactive ketones (excluding diaryl/α,β-unsaturated/α-hetero) is 1. The highest BCUT2D eigenvalue weighted by atomic mass is 16.5. The Balaban J connectivity index is 1.79. The SMILES string of the molecule is CCC(=O)c1ccc(OCC(=O)N2CCC(C(C)O)CC2)cc1. The fourth-order valence-corrected chi connectivity index (χ4v) is 2.81. The molecule has 1 fully saturated rings. The predicted molar refractivity (Wildman–Crippen MR) is 87.5 cm³/mol. The zero-order valence-corrected chi connectivity index (χ0v) is 13.8. The highest BCUT2D eigenvalue weighted by Gasteiger charge is 2.25. The van der Waals surface area contributed by atoms with E-state index in [1.807, 2.05) is 6.92 Å². The van der Waals surface area contributed by atoms with Gasteiger partial charge in [0.2, 0.25) is 0 Å². The second-order valence-electron chi connectivity index (χ2n) is 6.05. The minimum atomic E-state index is -0.312. The first kappa shape index (κ1) is 17.5. The topological polar surface area (TPSA) is 66.8 Å². The number of ether oxygens (including phenoxy) is 1. The summed E-state index contributed by atoms with van der Waals surface area (Å²) in [6.07, 6.45) is 1.82. The Bertz CT molecular complexity index is 530. The van der Waals surface area contributed by atoms with E-state index in [-0.39, 0.29) is 30.3 Å². The first-order chi connectivity index (χ1) is 11.0. The number of rotatable bonds is 6. The molecule has 0 aliphatic carbocycles. The highest BCUT2D eigenvalue weighted by Crippen LogP contribution is 2.21. The molecule has 1 aromatic rings. The number of hydrogen-bond donors (Lipinski definition) is 1. The second kappa shape index (κ2) is 8.11. The lowest BCUT2D eigenvalue weighted by atomic mass is 9.92. The Labute approximate surface area is 137 Å². The maximum Gasteiger partial charge on any atom is 0.260 e. The van der Waals surface area contributed by atoms with Crippen LogP contribution in [0, 0.1) is 5.92 Å². The minimum absolute atomic E-state index is 0.000413. The molecule has 0 spiro atoms. The van der Waals surface area contributed by atoms with E-state index in [9.17, 15) is 14.7 Å². The first-order valence-corrected chi connectivity index (χ1v) is 8.23. The van der Waals surface area contributed by atoms with Crippen molar-refractivity contribution in [3.05, 3.63) is 29.8 Å². The number of aliphatic hydroxyl groups is 1. The van der Waals surface area contributed by atoms with E-state index in [1.54, 1.807) is 36.1 Å². The zero-order valence-electron chi connectivity index (χ0n) is 13.8. The standard InChI is InChI=1S/C18H25NO4/c1-3-17(21)15-4-6-16(7-5-15)23-12-18(22)19-10-8-14(9-11-19)13(2)20/h4-7,13-14,20H,3,8-12H2,1-2H3. The van der Waals surface area contributed by atoms with Crippen LogP contribution in [-0.2, 0) is 4.79 Å². The van der Waals surface area contributed by atoms with Crippen LogP contribution in [0.2, 0.25) is 0 Å². The molecular weight excluding hydrogens is 294 g/mol. The van der Waals surface area contributed by atoms with Gasteiger partial charge in [0, 0.05) is 25.1 Å². The number of likely N-dealkylation sites (tertiary alicyclic amines) is 1. The van der Waals surface area contributed by atoms with E-state index >= 15 is 0 Å². The van der Waals surface area contributed by atoms with Gasteiger partial charge in [0.05, 0.1) is 6.10 Å². The van der Waals surface area contributed by atoms with E-state index in [0.29, 0.717) is 30.8 Å². The summed E-state index contributed by atoms with van der Waals surface area (Å²) in [7, 11) is 0. The van der Waals surface area contributed by atoms with Crippen molar-refractivity contribution in [2.24, 2.45) is 5.92 Å². The number of aliphatic hydroxyl groups excluding tert-OH is 1. The van der Waals surface area contributed by atoms with Crippen molar-refractivity contribution >= 4 is 11.7 Å². The van der Waals surface area contributed by atoms with Gasteiger partial charge in [0.25, 0.3) is 5.91 Å². The van der Waals surface area contributed by atoms with Gasteiger partial charge in [-0.1, -0.05) is 6.92 Å². The molecule has 0 saturated carbocycles. The average molecular weight is 319 g/mol. The third-order valence-corrected chi connectivity index (χ3v) is 4.43. The summed E-state index contributed by atoms with van der Waals surface area (Å²) in [4.78, 5) is 25.5. The molecule has 1 aliphatic heterocycles. The molecule has 1 atom stereocenters. The fourth-order valence-electron chi connectivity index (χ4n) is 2.81. The zero-order chi connectivity index (χ0) is 16.8. The largest absolute Gasteiger partial charge is 0.484 e. The Morgan fingerprint density at radius 3 is 2.39 bits per heavy atom. The molecule has 1 amide bonds. The van der Waals surface area contributed by atoms with Crippen LogP contribution >= 0.6 is 0 Å². The molecule has 5 heteroatoms. The number of ketones is 1.